The fraction of sp³-hybridized carbons (Fsp3) is 0.167. The number of aliphatic carboxylic acids is 1. The van der Waals surface area contributed by atoms with Gasteiger partial charge in [0.1, 0.15) is 0 Å². The van der Waals surface area contributed by atoms with Gasteiger partial charge in [0.15, 0.2) is 0 Å². The first-order valence-electron chi connectivity index (χ1n) is 5.26. The van der Waals surface area contributed by atoms with Crippen molar-refractivity contribution in [2.75, 3.05) is 0 Å². The van der Waals surface area contributed by atoms with Crippen LogP contribution in [-0.4, -0.2) is 17.0 Å². The molecule has 0 saturated carbocycles. The highest BCUT2D eigenvalue weighted by Gasteiger charge is 2.19. The van der Waals surface area contributed by atoms with Crippen LogP contribution in [0.4, 0.5) is 0 Å². The van der Waals surface area contributed by atoms with Gasteiger partial charge in [-0.3, -0.25) is 9.59 Å². The normalized spacial score (nSPS) is 12.0. The van der Waals surface area contributed by atoms with E-state index in [0.29, 0.717) is 4.88 Å². The Labute approximate surface area is 112 Å². The van der Waals surface area contributed by atoms with E-state index < -0.39 is 12.0 Å². The maximum absolute atomic E-state index is 11.9. The molecule has 2 heterocycles. The lowest BCUT2D eigenvalue weighted by Crippen LogP contribution is -2.29. The van der Waals surface area contributed by atoms with E-state index in [9.17, 15) is 9.59 Å². The van der Waals surface area contributed by atoms with E-state index >= 15 is 0 Å². The summed E-state index contributed by atoms with van der Waals surface area (Å²) in [6.07, 6.45) is -0.113. The molecule has 94 valence electrons. The Balaban J connectivity index is 2.11. The molecule has 2 aromatic rings. The zero-order valence-corrected chi connectivity index (χ0v) is 11.0. The van der Waals surface area contributed by atoms with Crippen molar-refractivity contribution in [1.29, 1.82) is 0 Å². The van der Waals surface area contributed by atoms with Gasteiger partial charge in [0.05, 0.1) is 17.3 Å². The number of carbonyl (C=O) groups excluding carboxylic acids is 1. The minimum Gasteiger partial charge on any atom is -0.481 e. The van der Waals surface area contributed by atoms with Crippen LogP contribution in [0, 0.1) is 0 Å². The number of thiophene rings is 2. The van der Waals surface area contributed by atoms with Gasteiger partial charge in [0.25, 0.3) is 5.91 Å². The molecule has 6 heteroatoms. The summed E-state index contributed by atoms with van der Waals surface area (Å²) in [5.41, 5.74) is 0. The van der Waals surface area contributed by atoms with E-state index in [1.165, 1.54) is 22.7 Å². The number of carbonyl (C=O) groups is 2. The molecule has 0 aromatic carbocycles. The molecule has 0 unspecified atom stereocenters. The molecule has 18 heavy (non-hydrogen) atoms. The van der Waals surface area contributed by atoms with Gasteiger partial charge in [-0.2, -0.15) is 0 Å². The van der Waals surface area contributed by atoms with E-state index in [1.807, 2.05) is 22.9 Å². The maximum Gasteiger partial charge on any atom is 0.305 e. The van der Waals surface area contributed by atoms with Crippen LogP contribution in [0.3, 0.4) is 0 Å². The zero-order valence-electron chi connectivity index (χ0n) is 9.33. The third kappa shape index (κ3) is 3.18. The Kier molecular flexibility index (Phi) is 4.11. The lowest BCUT2D eigenvalue weighted by molar-refractivity contribution is -0.137. The van der Waals surface area contributed by atoms with Crippen LogP contribution in [0.1, 0.15) is 27.0 Å². The van der Waals surface area contributed by atoms with Crippen molar-refractivity contribution in [3.63, 3.8) is 0 Å². The average molecular weight is 281 g/mol. The van der Waals surface area contributed by atoms with Gasteiger partial charge in [0.2, 0.25) is 0 Å². The van der Waals surface area contributed by atoms with Gasteiger partial charge < -0.3 is 10.4 Å². The van der Waals surface area contributed by atoms with Gasteiger partial charge in [-0.25, -0.2) is 0 Å². The third-order valence-corrected chi connectivity index (χ3v) is 4.17. The molecule has 1 atom stereocenters. The summed E-state index contributed by atoms with van der Waals surface area (Å²) in [4.78, 5) is 24.2. The van der Waals surface area contributed by atoms with E-state index in [0.717, 1.165) is 4.88 Å². The van der Waals surface area contributed by atoms with Crippen molar-refractivity contribution in [3.05, 3.63) is 44.8 Å². The number of rotatable bonds is 5. The zero-order chi connectivity index (χ0) is 13.0. The molecule has 0 bridgehead atoms. The molecule has 4 nitrogen and oxygen atoms in total. The van der Waals surface area contributed by atoms with Crippen LogP contribution in [0.5, 0.6) is 0 Å². The smallest absolute Gasteiger partial charge is 0.305 e. The summed E-state index contributed by atoms with van der Waals surface area (Å²) >= 11 is 2.77. The van der Waals surface area contributed by atoms with Gasteiger partial charge in [-0.1, -0.05) is 12.1 Å². The van der Waals surface area contributed by atoms with E-state index in [4.69, 9.17) is 5.11 Å². The topological polar surface area (TPSA) is 66.4 Å². The molecule has 0 aliphatic rings. The predicted molar refractivity (Wildman–Crippen MR) is 71.1 cm³/mol. The molecule has 0 aliphatic heterocycles. The highest BCUT2D eigenvalue weighted by atomic mass is 32.1. The monoisotopic (exact) mass is 281 g/mol. The summed E-state index contributed by atoms with van der Waals surface area (Å²) in [7, 11) is 0. The number of amides is 1. The molecule has 0 saturated heterocycles. The first kappa shape index (κ1) is 12.8. The van der Waals surface area contributed by atoms with Crippen LogP contribution in [-0.2, 0) is 4.79 Å². The van der Waals surface area contributed by atoms with Crippen LogP contribution in [0.15, 0.2) is 35.0 Å². The van der Waals surface area contributed by atoms with E-state index in [2.05, 4.69) is 5.32 Å². The maximum atomic E-state index is 11.9. The van der Waals surface area contributed by atoms with E-state index in [-0.39, 0.29) is 12.3 Å². The largest absolute Gasteiger partial charge is 0.481 e. The number of carboxylic acid groups (broad SMARTS) is 1. The van der Waals surface area contributed by atoms with Crippen molar-refractivity contribution in [2.24, 2.45) is 0 Å². The first-order valence-corrected chi connectivity index (χ1v) is 7.02. The number of hydrogen-bond acceptors (Lipinski definition) is 4. The molecular formula is C12H11NO3S2. The second-order valence-electron chi connectivity index (χ2n) is 3.62. The molecule has 2 rings (SSSR count). The van der Waals surface area contributed by atoms with Gasteiger partial charge in [-0.05, 0) is 22.9 Å². The van der Waals surface area contributed by atoms with Gasteiger partial charge in [-0.15, -0.1) is 22.7 Å². The third-order valence-electron chi connectivity index (χ3n) is 2.32. The molecule has 2 N–H and O–H groups in total. The molecular weight excluding hydrogens is 270 g/mol. The lowest BCUT2D eigenvalue weighted by Gasteiger charge is -2.14. The summed E-state index contributed by atoms with van der Waals surface area (Å²) < 4.78 is 0. The van der Waals surface area contributed by atoms with Crippen molar-refractivity contribution in [1.82, 2.24) is 5.32 Å². The van der Waals surface area contributed by atoms with Crippen molar-refractivity contribution in [3.8, 4) is 0 Å². The Hall–Kier alpha value is -1.66. The minimum atomic E-state index is -0.931. The quantitative estimate of drug-likeness (QED) is 0.885. The van der Waals surface area contributed by atoms with Crippen molar-refractivity contribution < 1.29 is 14.7 Å². The summed E-state index contributed by atoms with van der Waals surface area (Å²) in [6.45, 7) is 0. The van der Waals surface area contributed by atoms with Crippen LogP contribution in [0.25, 0.3) is 0 Å². The van der Waals surface area contributed by atoms with Crippen LogP contribution >= 0.6 is 22.7 Å². The second kappa shape index (κ2) is 5.79. The Morgan fingerprint density at radius 3 is 2.50 bits per heavy atom. The Morgan fingerprint density at radius 2 is 1.94 bits per heavy atom. The van der Waals surface area contributed by atoms with Crippen molar-refractivity contribution >= 4 is 34.6 Å². The molecule has 0 aliphatic carbocycles. The van der Waals surface area contributed by atoms with Crippen LogP contribution in [0.2, 0.25) is 0 Å². The Morgan fingerprint density at radius 1 is 1.22 bits per heavy atom. The van der Waals surface area contributed by atoms with Crippen LogP contribution < -0.4 is 5.32 Å². The molecule has 0 spiro atoms. The molecule has 1 amide bonds. The molecule has 0 fully saturated rings. The van der Waals surface area contributed by atoms with Crippen molar-refractivity contribution in [2.45, 2.75) is 12.5 Å². The fourth-order valence-corrected chi connectivity index (χ4v) is 2.93. The minimum absolute atomic E-state index is 0.113. The average Bonchev–Trinajstić information content (AvgIpc) is 3.01. The SMILES string of the molecule is O=C(O)C[C@@H](NC(=O)c1cccs1)c1cccs1. The highest BCUT2D eigenvalue weighted by molar-refractivity contribution is 7.12. The summed E-state index contributed by atoms with van der Waals surface area (Å²) in [6, 6.07) is 6.69. The summed E-state index contributed by atoms with van der Waals surface area (Å²) in [5.74, 6) is -1.16. The second-order valence-corrected chi connectivity index (χ2v) is 5.54. The van der Waals surface area contributed by atoms with Gasteiger partial charge >= 0.3 is 5.97 Å². The Bertz CT molecular complexity index is 520. The number of carboxylic acids is 1. The molecule has 2 aromatic heterocycles. The standard InChI is InChI=1S/C12H11NO3S2/c14-11(15)7-8(9-3-1-5-17-9)13-12(16)10-4-2-6-18-10/h1-6,8H,7H2,(H,13,16)(H,14,15)/t8-/m1/s1. The van der Waals surface area contributed by atoms with Gasteiger partial charge in [0, 0.05) is 4.88 Å². The molecule has 0 radical (unpaired) electrons. The first-order chi connectivity index (χ1) is 8.66. The lowest BCUT2D eigenvalue weighted by atomic mass is 10.1. The van der Waals surface area contributed by atoms with E-state index in [1.54, 1.807) is 12.1 Å². The number of hydrogen-bond donors (Lipinski definition) is 2. The number of nitrogens with one attached hydrogen (secondary N) is 1. The highest BCUT2D eigenvalue weighted by Crippen LogP contribution is 2.23. The summed E-state index contributed by atoms with van der Waals surface area (Å²) in [5, 5.41) is 15.3. The fourth-order valence-electron chi connectivity index (χ4n) is 1.52. The predicted octanol–water partition coefficient (Wildman–Crippen LogP) is 2.76.